The van der Waals surface area contributed by atoms with Crippen molar-refractivity contribution in [1.29, 1.82) is 5.26 Å². The zero-order valence-corrected chi connectivity index (χ0v) is 7.77. The molecule has 1 rings (SSSR count). The van der Waals surface area contributed by atoms with Gasteiger partial charge in [-0.1, -0.05) is 11.6 Å². The maximum Gasteiger partial charge on any atom is 0.130 e. The van der Waals surface area contributed by atoms with Crippen LogP contribution in [0.25, 0.3) is 6.08 Å². The molecule has 0 spiro atoms. The van der Waals surface area contributed by atoms with Crippen molar-refractivity contribution >= 4 is 17.7 Å². The minimum atomic E-state index is -0.367. The molecular weight excluding hydrogens is 189 g/mol. The summed E-state index contributed by atoms with van der Waals surface area (Å²) in [6, 6.07) is 4.63. The van der Waals surface area contributed by atoms with E-state index in [-0.39, 0.29) is 5.82 Å². The van der Waals surface area contributed by atoms with Crippen molar-refractivity contribution in [3.63, 3.8) is 0 Å². The fourth-order valence-electron chi connectivity index (χ4n) is 0.916. The molecule has 0 fully saturated rings. The van der Waals surface area contributed by atoms with E-state index in [2.05, 4.69) is 0 Å². The van der Waals surface area contributed by atoms with Crippen molar-refractivity contribution in [2.45, 2.75) is 6.92 Å². The molecule has 0 saturated carbocycles. The van der Waals surface area contributed by atoms with Crippen LogP contribution in [0.5, 0.6) is 0 Å². The van der Waals surface area contributed by atoms with Crippen molar-refractivity contribution < 1.29 is 4.39 Å². The molecule has 0 aromatic heterocycles. The van der Waals surface area contributed by atoms with Gasteiger partial charge in [0.1, 0.15) is 5.82 Å². The number of allylic oxidation sites excluding steroid dienone is 1. The first-order chi connectivity index (χ1) is 6.15. The van der Waals surface area contributed by atoms with Gasteiger partial charge in [-0.05, 0) is 30.7 Å². The Hall–Kier alpha value is -1.33. The smallest absolute Gasteiger partial charge is 0.130 e. The molecule has 0 unspecified atom stereocenters. The highest BCUT2D eigenvalue weighted by Crippen LogP contribution is 2.20. The minimum absolute atomic E-state index is 0.331. The van der Waals surface area contributed by atoms with E-state index < -0.39 is 0 Å². The number of rotatable bonds is 1. The summed E-state index contributed by atoms with van der Waals surface area (Å²) in [6.45, 7) is 1.73. The topological polar surface area (TPSA) is 23.8 Å². The summed E-state index contributed by atoms with van der Waals surface area (Å²) in [5.74, 6) is -0.367. The van der Waals surface area contributed by atoms with E-state index in [4.69, 9.17) is 16.9 Å². The van der Waals surface area contributed by atoms with E-state index in [1.54, 1.807) is 13.0 Å². The molecule has 0 saturated heterocycles. The Morgan fingerprint density at radius 3 is 2.85 bits per heavy atom. The number of aryl methyl sites for hydroxylation is 1. The summed E-state index contributed by atoms with van der Waals surface area (Å²) >= 11 is 5.78. The van der Waals surface area contributed by atoms with Crippen molar-refractivity contribution in [3.8, 4) is 6.07 Å². The maximum absolute atomic E-state index is 13.1. The second-order valence-electron chi connectivity index (χ2n) is 2.59. The van der Waals surface area contributed by atoms with E-state index in [9.17, 15) is 4.39 Å². The summed E-state index contributed by atoms with van der Waals surface area (Å²) in [5, 5.41) is 8.75. The van der Waals surface area contributed by atoms with Crippen LogP contribution < -0.4 is 0 Å². The maximum atomic E-state index is 13.1. The second kappa shape index (κ2) is 4.06. The van der Waals surface area contributed by atoms with Crippen molar-refractivity contribution in [3.05, 3.63) is 40.2 Å². The molecule has 0 radical (unpaired) electrons. The zero-order valence-electron chi connectivity index (χ0n) is 7.01. The summed E-state index contributed by atoms with van der Waals surface area (Å²) < 4.78 is 13.1. The lowest BCUT2D eigenvalue weighted by Gasteiger charge is -2.00. The third-order valence-corrected chi connectivity index (χ3v) is 2.02. The number of nitrogens with zero attached hydrogens (tertiary/aromatic N) is 1. The summed E-state index contributed by atoms with van der Waals surface area (Å²) in [5.41, 5.74) is 1.02. The van der Waals surface area contributed by atoms with Crippen LogP contribution in [0, 0.1) is 24.1 Å². The molecule has 1 aromatic carbocycles. The third-order valence-electron chi connectivity index (χ3n) is 1.62. The summed E-state index contributed by atoms with van der Waals surface area (Å²) in [4.78, 5) is 0. The van der Waals surface area contributed by atoms with Gasteiger partial charge in [0, 0.05) is 16.7 Å². The number of hydrogen-bond donors (Lipinski definition) is 0. The van der Waals surface area contributed by atoms with Crippen LogP contribution in [0.3, 0.4) is 0 Å². The third kappa shape index (κ3) is 2.30. The van der Waals surface area contributed by atoms with Gasteiger partial charge in [0.05, 0.1) is 6.07 Å². The molecule has 3 heteroatoms. The fourth-order valence-corrected chi connectivity index (χ4v) is 1.09. The molecular formula is C10H7ClFN. The molecule has 0 aliphatic heterocycles. The predicted octanol–water partition coefficient (Wildman–Crippen LogP) is 3.32. The van der Waals surface area contributed by atoms with Crippen LogP contribution in [-0.4, -0.2) is 0 Å². The molecule has 66 valence electrons. The number of nitriles is 1. The Morgan fingerprint density at radius 2 is 2.23 bits per heavy atom. The number of benzene rings is 1. The van der Waals surface area contributed by atoms with Crippen molar-refractivity contribution in [2.75, 3.05) is 0 Å². The first kappa shape index (κ1) is 9.76. The van der Waals surface area contributed by atoms with Crippen LogP contribution >= 0.6 is 11.6 Å². The number of hydrogen-bond acceptors (Lipinski definition) is 1. The number of halogens is 2. The van der Waals surface area contributed by atoms with Crippen LogP contribution in [0.4, 0.5) is 4.39 Å². The molecule has 0 heterocycles. The van der Waals surface area contributed by atoms with Gasteiger partial charge in [-0.25, -0.2) is 4.39 Å². The Balaban J connectivity index is 3.17. The van der Waals surface area contributed by atoms with E-state index >= 15 is 0 Å². The molecule has 0 aliphatic rings. The largest absolute Gasteiger partial charge is 0.206 e. The van der Waals surface area contributed by atoms with E-state index in [0.717, 1.165) is 0 Å². The lowest BCUT2D eigenvalue weighted by molar-refractivity contribution is 0.624. The van der Waals surface area contributed by atoms with Gasteiger partial charge < -0.3 is 0 Å². The highest BCUT2D eigenvalue weighted by Gasteiger charge is 2.02. The van der Waals surface area contributed by atoms with E-state index in [0.29, 0.717) is 16.1 Å². The van der Waals surface area contributed by atoms with Gasteiger partial charge in [-0.3, -0.25) is 0 Å². The average Bonchev–Trinajstić information content (AvgIpc) is 2.09. The highest BCUT2D eigenvalue weighted by molar-refractivity contribution is 6.31. The zero-order chi connectivity index (χ0) is 9.84. The standard InChI is InChI=1S/C10H7ClFN/c1-7-5-10(12)8(3-2-4-13)6-9(7)11/h2-3,5-6H,1H3. The van der Waals surface area contributed by atoms with Crippen LogP contribution in [0.2, 0.25) is 5.02 Å². The fraction of sp³-hybridized carbons (Fsp3) is 0.100. The van der Waals surface area contributed by atoms with Crippen molar-refractivity contribution in [1.82, 2.24) is 0 Å². The van der Waals surface area contributed by atoms with Gasteiger partial charge >= 0.3 is 0 Å². The Bertz CT molecular complexity index is 391. The quantitative estimate of drug-likeness (QED) is 0.631. The van der Waals surface area contributed by atoms with Crippen molar-refractivity contribution in [2.24, 2.45) is 0 Å². The summed E-state index contributed by atoms with van der Waals surface area (Å²) in [7, 11) is 0. The Labute approximate surface area is 81.1 Å². The Morgan fingerprint density at radius 1 is 1.54 bits per heavy atom. The summed E-state index contributed by atoms with van der Waals surface area (Å²) in [6.07, 6.45) is 2.60. The lowest BCUT2D eigenvalue weighted by Crippen LogP contribution is -1.85. The Kier molecular flexibility index (Phi) is 3.05. The SMILES string of the molecule is Cc1cc(F)c(C=CC#N)cc1Cl. The molecule has 1 nitrogen and oxygen atoms in total. The van der Waals surface area contributed by atoms with Gasteiger partial charge in [-0.15, -0.1) is 0 Å². The van der Waals surface area contributed by atoms with E-state index in [1.165, 1.54) is 24.3 Å². The molecule has 0 bridgehead atoms. The molecule has 1 aromatic rings. The van der Waals surface area contributed by atoms with Gasteiger partial charge in [0.15, 0.2) is 0 Å². The van der Waals surface area contributed by atoms with Gasteiger partial charge in [0.25, 0.3) is 0 Å². The first-order valence-electron chi connectivity index (χ1n) is 3.67. The van der Waals surface area contributed by atoms with E-state index in [1.807, 2.05) is 0 Å². The van der Waals surface area contributed by atoms with Crippen LogP contribution in [-0.2, 0) is 0 Å². The molecule has 0 aliphatic carbocycles. The molecule has 0 N–H and O–H groups in total. The first-order valence-corrected chi connectivity index (χ1v) is 4.04. The highest BCUT2D eigenvalue weighted by atomic mass is 35.5. The molecule has 13 heavy (non-hydrogen) atoms. The molecule has 0 atom stereocenters. The lowest BCUT2D eigenvalue weighted by atomic mass is 10.1. The minimum Gasteiger partial charge on any atom is -0.206 e. The van der Waals surface area contributed by atoms with Crippen LogP contribution in [0.15, 0.2) is 18.2 Å². The monoisotopic (exact) mass is 195 g/mol. The predicted molar refractivity (Wildman–Crippen MR) is 50.8 cm³/mol. The average molecular weight is 196 g/mol. The van der Waals surface area contributed by atoms with Gasteiger partial charge in [0.2, 0.25) is 0 Å². The van der Waals surface area contributed by atoms with Crippen LogP contribution in [0.1, 0.15) is 11.1 Å². The normalized spacial score (nSPS) is 10.3. The van der Waals surface area contributed by atoms with Gasteiger partial charge in [-0.2, -0.15) is 5.26 Å². The second-order valence-corrected chi connectivity index (χ2v) is 2.99. The molecule has 0 amide bonds.